The normalized spacial score (nSPS) is 21.5. The molecule has 0 unspecified atom stereocenters. The van der Waals surface area contributed by atoms with Crippen molar-refractivity contribution in [1.82, 2.24) is 20.5 Å². The van der Waals surface area contributed by atoms with Crippen LogP contribution in [0.1, 0.15) is 36.2 Å². The summed E-state index contributed by atoms with van der Waals surface area (Å²) in [6, 6.07) is 1.68. The molecule has 1 saturated carbocycles. The molecule has 118 valence electrons. The number of H-pyrrole nitrogens is 1. The Kier molecular flexibility index (Phi) is 4.20. The molecule has 0 aromatic carbocycles. The van der Waals surface area contributed by atoms with Crippen LogP contribution >= 0.6 is 0 Å². The Morgan fingerprint density at radius 3 is 2.86 bits per heavy atom. The quantitative estimate of drug-likeness (QED) is 0.912. The third-order valence-corrected chi connectivity index (χ3v) is 4.35. The standard InChI is InChI=1S/C16H20F2N4/c1-9-15(8-20-13-4-3-12(17)6-13)21-22-16(9)11-5-14(18)10(2)19-7-11/h5,7,12-13,20H,3-4,6,8H2,1-2H3,(H,21,22)/t12-,13+/m1/s1. The van der Waals surface area contributed by atoms with Crippen LogP contribution in [0, 0.1) is 19.7 Å². The summed E-state index contributed by atoms with van der Waals surface area (Å²) in [6.07, 6.45) is 3.03. The number of pyridine rings is 1. The molecule has 1 aliphatic rings. The first-order valence-electron chi connectivity index (χ1n) is 7.58. The highest BCUT2D eigenvalue weighted by Gasteiger charge is 2.24. The Morgan fingerprint density at radius 2 is 2.18 bits per heavy atom. The van der Waals surface area contributed by atoms with Crippen molar-refractivity contribution in [2.24, 2.45) is 0 Å². The lowest BCUT2D eigenvalue weighted by Crippen LogP contribution is -2.26. The Hall–Kier alpha value is -1.82. The van der Waals surface area contributed by atoms with Crippen LogP contribution in [-0.2, 0) is 6.54 Å². The molecule has 2 heterocycles. The molecular weight excluding hydrogens is 286 g/mol. The largest absolute Gasteiger partial charge is 0.308 e. The fourth-order valence-electron chi connectivity index (χ4n) is 2.88. The summed E-state index contributed by atoms with van der Waals surface area (Å²) in [4.78, 5) is 4.04. The second kappa shape index (κ2) is 6.12. The van der Waals surface area contributed by atoms with E-state index in [0.717, 1.165) is 23.4 Å². The van der Waals surface area contributed by atoms with E-state index in [2.05, 4.69) is 20.5 Å². The minimum absolute atomic E-state index is 0.216. The molecular formula is C16H20F2N4. The summed E-state index contributed by atoms with van der Waals surface area (Å²) in [6.45, 7) is 4.16. The van der Waals surface area contributed by atoms with Crippen molar-refractivity contribution in [3.05, 3.63) is 35.0 Å². The predicted molar refractivity (Wildman–Crippen MR) is 80.6 cm³/mol. The molecule has 2 atom stereocenters. The number of nitrogens with one attached hydrogen (secondary N) is 2. The monoisotopic (exact) mass is 306 g/mol. The zero-order valence-corrected chi connectivity index (χ0v) is 12.8. The molecule has 0 spiro atoms. The number of aromatic amines is 1. The highest BCUT2D eigenvalue weighted by molar-refractivity contribution is 5.62. The molecule has 0 aliphatic heterocycles. The van der Waals surface area contributed by atoms with E-state index in [1.165, 1.54) is 6.07 Å². The minimum atomic E-state index is -0.685. The summed E-state index contributed by atoms with van der Waals surface area (Å²) < 4.78 is 26.8. The second-order valence-corrected chi connectivity index (χ2v) is 5.95. The summed E-state index contributed by atoms with van der Waals surface area (Å²) in [5.41, 5.74) is 3.68. The topological polar surface area (TPSA) is 53.6 Å². The molecule has 2 aromatic rings. The number of hydrogen-bond donors (Lipinski definition) is 2. The smallest absolute Gasteiger partial charge is 0.145 e. The predicted octanol–water partition coefficient (Wildman–Crippen LogP) is 3.21. The Balaban J connectivity index is 1.72. The summed E-state index contributed by atoms with van der Waals surface area (Å²) in [5.74, 6) is -0.328. The van der Waals surface area contributed by atoms with Gasteiger partial charge in [0.25, 0.3) is 0 Å². The van der Waals surface area contributed by atoms with Crippen molar-refractivity contribution in [2.75, 3.05) is 0 Å². The average molecular weight is 306 g/mol. The van der Waals surface area contributed by atoms with Crippen LogP contribution < -0.4 is 5.32 Å². The number of rotatable bonds is 4. The number of aromatic nitrogens is 3. The third-order valence-electron chi connectivity index (χ3n) is 4.35. The van der Waals surface area contributed by atoms with Gasteiger partial charge in [0, 0.05) is 24.3 Å². The van der Waals surface area contributed by atoms with E-state index >= 15 is 0 Å². The minimum Gasteiger partial charge on any atom is -0.308 e. The van der Waals surface area contributed by atoms with Gasteiger partial charge in [-0.1, -0.05) is 0 Å². The van der Waals surface area contributed by atoms with Crippen LogP contribution in [0.5, 0.6) is 0 Å². The van der Waals surface area contributed by atoms with Crippen molar-refractivity contribution in [2.45, 2.75) is 51.9 Å². The van der Waals surface area contributed by atoms with Gasteiger partial charge in [-0.2, -0.15) is 5.10 Å². The maximum absolute atomic E-state index is 13.6. The highest BCUT2D eigenvalue weighted by Crippen LogP contribution is 2.25. The Labute approximate surface area is 128 Å². The summed E-state index contributed by atoms with van der Waals surface area (Å²) in [7, 11) is 0. The number of nitrogens with zero attached hydrogens (tertiary/aromatic N) is 2. The summed E-state index contributed by atoms with van der Waals surface area (Å²) in [5, 5.41) is 10.6. The first-order chi connectivity index (χ1) is 10.5. The van der Waals surface area contributed by atoms with Crippen molar-refractivity contribution >= 4 is 0 Å². The van der Waals surface area contributed by atoms with Crippen LogP contribution in [0.3, 0.4) is 0 Å². The van der Waals surface area contributed by atoms with E-state index in [-0.39, 0.29) is 11.9 Å². The molecule has 4 nitrogen and oxygen atoms in total. The van der Waals surface area contributed by atoms with Gasteiger partial charge in [0.1, 0.15) is 12.0 Å². The van der Waals surface area contributed by atoms with Gasteiger partial charge in [0.05, 0.1) is 17.1 Å². The van der Waals surface area contributed by atoms with Crippen LogP contribution in [-0.4, -0.2) is 27.4 Å². The van der Waals surface area contributed by atoms with Gasteiger partial charge in [-0.25, -0.2) is 8.78 Å². The molecule has 2 N–H and O–H groups in total. The van der Waals surface area contributed by atoms with Gasteiger partial charge in [0.2, 0.25) is 0 Å². The van der Waals surface area contributed by atoms with E-state index in [1.807, 2.05) is 6.92 Å². The van der Waals surface area contributed by atoms with E-state index in [4.69, 9.17) is 0 Å². The number of hydrogen-bond acceptors (Lipinski definition) is 3. The third kappa shape index (κ3) is 3.02. The molecule has 1 fully saturated rings. The maximum Gasteiger partial charge on any atom is 0.145 e. The Morgan fingerprint density at radius 1 is 1.36 bits per heavy atom. The molecule has 0 amide bonds. The maximum atomic E-state index is 13.6. The van der Waals surface area contributed by atoms with Gasteiger partial charge in [-0.05, 0) is 44.7 Å². The van der Waals surface area contributed by atoms with Crippen LogP contribution in [0.4, 0.5) is 8.78 Å². The van der Waals surface area contributed by atoms with E-state index in [0.29, 0.717) is 30.6 Å². The average Bonchev–Trinajstić information content (AvgIpc) is 3.06. The molecule has 22 heavy (non-hydrogen) atoms. The van der Waals surface area contributed by atoms with Gasteiger partial charge in [0.15, 0.2) is 0 Å². The SMILES string of the molecule is Cc1ncc(-c2[nH]nc(CN[C@H]3CC[C@@H](F)C3)c2C)cc1F. The first kappa shape index (κ1) is 15.1. The first-order valence-corrected chi connectivity index (χ1v) is 7.58. The van der Waals surface area contributed by atoms with Gasteiger partial charge in [-0.3, -0.25) is 10.1 Å². The second-order valence-electron chi connectivity index (χ2n) is 5.95. The van der Waals surface area contributed by atoms with Crippen molar-refractivity contribution < 1.29 is 8.78 Å². The van der Waals surface area contributed by atoms with Gasteiger partial charge >= 0.3 is 0 Å². The Bertz CT molecular complexity index is 668. The van der Waals surface area contributed by atoms with Crippen LogP contribution in [0.2, 0.25) is 0 Å². The van der Waals surface area contributed by atoms with Crippen molar-refractivity contribution in [3.63, 3.8) is 0 Å². The van der Waals surface area contributed by atoms with Gasteiger partial charge < -0.3 is 5.32 Å². The molecule has 0 radical (unpaired) electrons. The van der Waals surface area contributed by atoms with E-state index < -0.39 is 6.17 Å². The van der Waals surface area contributed by atoms with Crippen molar-refractivity contribution in [3.8, 4) is 11.3 Å². The molecule has 1 aliphatic carbocycles. The van der Waals surface area contributed by atoms with Crippen LogP contribution in [0.25, 0.3) is 11.3 Å². The number of alkyl halides is 1. The summed E-state index contributed by atoms with van der Waals surface area (Å²) >= 11 is 0. The van der Waals surface area contributed by atoms with E-state index in [1.54, 1.807) is 13.1 Å². The van der Waals surface area contributed by atoms with Crippen molar-refractivity contribution in [1.29, 1.82) is 0 Å². The zero-order valence-electron chi connectivity index (χ0n) is 12.8. The zero-order chi connectivity index (χ0) is 15.7. The lowest BCUT2D eigenvalue weighted by Gasteiger charge is -2.10. The fraction of sp³-hybridized carbons (Fsp3) is 0.500. The van der Waals surface area contributed by atoms with Crippen LogP contribution in [0.15, 0.2) is 12.3 Å². The molecule has 0 bridgehead atoms. The highest BCUT2D eigenvalue weighted by atomic mass is 19.1. The molecule has 3 rings (SSSR count). The number of halogens is 2. The lowest BCUT2D eigenvalue weighted by atomic mass is 10.1. The molecule has 0 saturated heterocycles. The number of aryl methyl sites for hydroxylation is 1. The fourth-order valence-corrected chi connectivity index (χ4v) is 2.88. The molecule has 6 heteroatoms. The van der Waals surface area contributed by atoms with Gasteiger partial charge in [-0.15, -0.1) is 0 Å². The van der Waals surface area contributed by atoms with E-state index in [9.17, 15) is 8.78 Å². The lowest BCUT2D eigenvalue weighted by molar-refractivity contribution is 0.333. The molecule has 2 aromatic heterocycles.